The maximum atomic E-state index is 13.1. The Hall–Kier alpha value is -2.55. The first-order valence-corrected chi connectivity index (χ1v) is 10.9. The van der Waals surface area contributed by atoms with Gasteiger partial charge in [-0.25, -0.2) is 12.8 Å². The molecule has 2 aromatic carbocycles. The van der Waals surface area contributed by atoms with E-state index in [1.165, 1.54) is 28.6 Å². The Balaban J connectivity index is 1.43. The van der Waals surface area contributed by atoms with Crippen molar-refractivity contribution in [3.63, 3.8) is 0 Å². The van der Waals surface area contributed by atoms with Crippen LogP contribution in [0.3, 0.4) is 0 Å². The number of benzene rings is 2. The fraction of sp³-hybridized carbons (Fsp3) is 0.200. The van der Waals surface area contributed by atoms with Crippen molar-refractivity contribution in [3.8, 4) is 11.3 Å². The highest BCUT2D eigenvalue weighted by Gasteiger charge is 2.29. The van der Waals surface area contributed by atoms with Crippen LogP contribution in [0.2, 0.25) is 5.02 Å². The summed E-state index contributed by atoms with van der Waals surface area (Å²) in [5.74, 6) is 0.379. The van der Waals surface area contributed by atoms with E-state index in [4.69, 9.17) is 11.6 Å². The highest BCUT2D eigenvalue weighted by Crippen LogP contribution is 2.23. The lowest BCUT2D eigenvalue weighted by molar-refractivity contribution is 0.383. The molecule has 4 rings (SSSR count). The molecule has 1 saturated heterocycles. The highest BCUT2D eigenvalue weighted by molar-refractivity contribution is 7.89. The molecule has 6 nitrogen and oxygen atoms in total. The van der Waals surface area contributed by atoms with Gasteiger partial charge in [0.05, 0.1) is 10.6 Å². The third-order valence-corrected chi connectivity index (χ3v) is 6.97. The van der Waals surface area contributed by atoms with Crippen LogP contribution in [0.25, 0.3) is 11.3 Å². The molecule has 0 spiro atoms. The van der Waals surface area contributed by atoms with Crippen molar-refractivity contribution in [3.05, 3.63) is 71.5 Å². The Labute approximate surface area is 173 Å². The summed E-state index contributed by atoms with van der Waals surface area (Å²) >= 11 is 5.85. The average Bonchev–Trinajstić information content (AvgIpc) is 2.75. The fourth-order valence-corrected chi connectivity index (χ4v) is 4.73. The zero-order chi connectivity index (χ0) is 20.4. The van der Waals surface area contributed by atoms with Crippen molar-refractivity contribution in [2.75, 3.05) is 31.1 Å². The Kier molecular flexibility index (Phi) is 5.49. The van der Waals surface area contributed by atoms with Gasteiger partial charge in [-0.05, 0) is 60.7 Å². The minimum absolute atomic E-state index is 0.235. The van der Waals surface area contributed by atoms with E-state index in [0.29, 0.717) is 42.7 Å². The van der Waals surface area contributed by atoms with Crippen molar-refractivity contribution >= 4 is 27.4 Å². The number of sulfonamides is 1. The van der Waals surface area contributed by atoms with Crippen LogP contribution >= 0.6 is 11.6 Å². The SMILES string of the molecule is O=S(=O)(c1ccc(Cl)cc1)N1CCN(c2ccc(-c3ccc(F)cc3)nn2)CC1. The molecule has 9 heteroatoms. The summed E-state index contributed by atoms with van der Waals surface area (Å²) in [6.07, 6.45) is 0. The zero-order valence-electron chi connectivity index (χ0n) is 15.4. The van der Waals surface area contributed by atoms with Crippen LogP contribution in [0.15, 0.2) is 65.6 Å². The molecule has 0 radical (unpaired) electrons. The van der Waals surface area contributed by atoms with Gasteiger partial charge in [0, 0.05) is 36.8 Å². The molecule has 1 aromatic heterocycles. The average molecular weight is 433 g/mol. The fourth-order valence-electron chi connectivity index (χ4n) is 3.18. The molecule has 1 aliphatic heterocycles. The summed E-state index contributed by atoms with van der Waals surface area (Å²) in [7, 11) is -3.55. The third-order valence-electron chi connectivity index (χ3n) is 4.80. The highest BCUT2D eigenvalue weighted by atomic mass is 35.5. The molecular formula is C20H18ClFN4O2S. The molecule has 0 amide bonds. The molecule has 3 aromatic rings. The predicted octanol–water partition coefficient (Wildman–Crippen LogP) is 3.45. The van der Waals surface area contributed by atoms with E-state index in [1.54, 1.807) is 24.3 Å². The first-order valence-electron chi connectivity index (χ1n) is 9.04. The normalized spacial score (nSPS) is 15.4. The van der Waals surface area contributed by atoms with Crippen LogP contribution < -0.4 is 4.90 Å². The largest absolute Gasteiger partial charge is 0.352 e. The monoisotopic (exact) mass is 432 g/mol. The van der Waals surface area contributed by atoms with Gasteiger partial charge in [-0.3, -0.25) is 0 Å². The maximum absolute atomic E-state index is 13.1. The first kappa shape index (κ1) is 19.8. The molecule has 0 aliphatic carbocycles. The van der Waals surface area contributed by atoms with E-state index in [1.807, 2.05) is 17.0 Å². The predicted molar refractivity (Wildman–Crippen MR) is 110 cm³/mol. The lowest BCUT2D eigenvalue weighted by Crippen LogP contribution is -2.48. The summed E-state index contributed by atoms with van der Waals surface area (Å²) < 4.78 is 40.1. The molecule has 1 aliphatic rings. The second kappa shape index (κ2) is 8.06. The molecule has 0 unspecified atom stereocenters. The van der Waals surface area contributed by atoms with Crippen molar-refractivity contribution in [1.29, 1.82) is 0 Å². The van der Waals surface area contributed by atoms with E-state index in [2.05, 4.69) is 10.2 Å². The van der Waals surface area contributed by atoms with E-state index in [9.17, 15) is 12.8 Å². The van der Waals surface area contributed by atoms with Crippen LogP contribution in [0.4, 0.5) is 10.2 Å². The summed E-state index contributed by atoms with van der Waals surface area (Å²) in [4.78, 5) is 2.23. The zero-order valence-corrected chi connectivity index (χ0v) is 16.9. The molecule has 0 saturated carbocycles. The van der Waals surface area contributed by atoms with Crippen LogP contribution in [0.5, 0.6) is 0 Å². The number of halogens is 2. The summed E-state index contributed by atoms with van der Waals surface area (Å²) in [5.41, 5.74) is 1.43. The van der Waals surface area contributed by atoms with Gasteiger partial charge in [0.1, 0.15) is 5.82 Å². The number of hydrogen-bond acceptors (Lipinski definition) is 5. The van der Waals surface area contributed by atoms with Gasteiger partial charge in [-0.2, -0.15) is 4.31 Å². The summed E-state index contributed by atoms with van der Waals surface area (Å²) in [5, 5.41) is 8.97. The van der Waals surface area contributed by atoms with Crippen molar-refractivity contribution in [2.45, 2.75) is 4.90 Å². The standard InChI is InChI=1S/C20H18ClFN4O2S/c21-16-3-7-18(8-4-16)29(27,28)26-13-11-25(12-14-26)20-10-9-19(23-24-20)15-1-5-17(22)6-2-15/h1-10H,11-14H2. The van der Waals surface area contributed by atoms with Crippen LogP contribution in [0, 0.1) is 5.82 Å². The lowest BCUT2D eigenvalue weighted by Gasteiger charge is -2.34. The first-order chi connectivity index (χ1) is 13.9. The summed E-state index contributed by atoms with van der Waals surface area (Å²) in [6, 6.07) is 15.9. The molecule has 1 fully saturated rings. The number of aromatic nitrogens is 2. The van der Waals surface area contributed by atoms with E-state index in [-0.39, 0.29) is 10.7 Å². The lowest BCUT2D eigenvalue weighted by atomic mass is 10.1. The van der Waals surface area contributed by atoms with Crippen LogP contribution in [0.1, 0.15) is 0 Å². The minimum Gasteiger partial charge on any atom is -0.352 e. The molecule has 150 valence electrons. The van der Waals surface area contributed by atoms with E-state index < -0.39 is 10.0 Å². The number of anilines is 1. The van der Waals surface area contributed by atoms with Crippen LogP contribution in [-0.2, 0) is 10.0 Å². The maximum Gasteiger partial charge on any atom is 0.243 e. The number of piperazine rings is 1. The Morgan fingerprint density at radius 1 is 0.828 bits per heavy atom. The molecule has 29 heavy (non-hydrogen) atoms. The van der Waals surface area contributed by atoms with Crippen molar-refractivity contribution in [1.82, 2.24) is 14.5 Å². The van der Waals surface area contributed by atoms with E-state index in [0.717, 1.165) is 5.56 Å². The van der Waals surface area contributed by atoms with Gasteiger partial charge >= 0.3 is 0 Å². The Morgan fingerprint density at radius 3 is 2.07 bits per heavy atom. The third kappa shape index (κ3) is 4.24. The minimum atomic E-state index is -3.55. The summed E-state index contributed by atoms with van der Waals surface area (Å²) in [6.45, 7) is 1.73. The van der Waals surface area contributed by atoms with E-state index >= 15 is 0 Å². The molecular weight excluding hydrogens is 415 g/mol. The Morgan fingerprint density at radius 2 is 1.48 bits per heavy atom. The van der Waals surface area contributed by atoms with Crippen molar-refractivity contribution < 1.29 is 12.8 Å². The number of nitrogens with zero attached hydrogens (tertiary/aromatic N) is 4. The number of rotatable bonds is 4. The van der Waals surface area contributed by atoms with Gasteiger partial charge in [0.2, 0.25) is 10.0 Å². The Bertz CT molecular complexity index is 1080. The van der Waals surface area contributed by atoms with Gasteiger partial charge in [-0.15, -0.1) is 10.2 Å². The van der Waals surface area contributed by atoms with Gasteiger partial charge in [0.25, 0.3) is 0 Å². The van der Waals surface area contributed by atoms with Gasteiger partial charge < -0.3 is 4.90 Å². The smallest absolute Gasteiger partial charge is 0.243 e. The van der Waals surface area contributed by atoms with Gasteiger partial charge in [-0.1, -0.05) is 11.6 Å². The second-order valence-electron chi connectivity index (χ2n) is 6.63. The molecule has 2 heterocycles. The number of hydrogen-bond donors (Lipinski definition) is 0. The van der Waals surface area contributed by atoms with Crippen LogP contribution in [-0.4, -0.2) is 49.1 Å². The second-order valence-corrected chi connectivity index (χ2v) is 9.00. The quantitative estimate of drug-likeness (QED) is 0.631. The molecule has 0 atom stereocenters. The van der Waals surface area contributed by atoms with Gasteiger partial charge in [0.15, 0.2) is 5.82 Å². The molecule has 0 bridgehead atoms. The topological polar surface area (TPSA) is 66.4 Å². The molecule has 0 N–H and O–H groups in total. The van der Waals surface area contributed by atoms with Crippen molar-refractivity contribution in [2.24, 2.45) is 0 Å².